The Morgan fingerprint density at radius 1 is 1.50 bits per heavy atom. The molecule has 0 fully saturated rings. The topological polar surface area (TPSA) is 4.93 Å². The highest BCUT2D eigenvalue weighted by molar-refractivity contribution is 5.35. The molecule has 0 N–H and O–H groups in total. The fraction of sp³-hybridized carbons (Fsp3) is 0.385. The van der Waals surface area contributed by atoms with E-state index in [1.165, 1.54) is 18.2 Å². The Morgan fingerprint density at radius 2 is 2.29 bits per heavy atom. The van der Waals surface area contributed by atoms with Gasteiger partial charge >= 0.3 is 0 Å². The predicted molar refractivity (Wildman–Crippen MR) is 63.4 cm³/mol. The molecule has 0 saturated carbocycles. The number of rotatable bonds is 4. The first-order valence-electron chi connectivity index (χ1n) is 5.26. The van der Waals surface area contributed by atoms with Gasteiger partial charge in [-0.25, -0.2) is 0 Å². The minimum atomic E-state index is 1.09. The molecule has 0 radical (unpaired) electrons. The molecule has 1 rings (SSSR count). The van der Waals surface area contributed by atoms with Gasteiger partial charge in [-0.15, -0.1) is 0 Å². The Bertz CT molecular complexity index is 395. The van der Waals surface area contributed by atoms with Crippen LogP contribution in [-0.2, 0) is 6.54 Å². The first kappa shape index (κ1) is 10.8. The Labute approximate surface area is 86.1 Å². The minimum absolute atomic E-state index is 1.09. The Hall–Kier alpha value is -1.24. The van der Waals surface area contributed by atoms with Crippen molar-refractivity contribution in [1.29, 1.82) is 0 Å². The summed E-state index contributed by atoms with van der Waals surface area (Å²) in [6.45, 7) is 9.35. The number of hydrogen-bond acceptors (Lipinski definition) is 0. The van der Waals surface area contributed by atoms with Gasteiger partial charge in [-0.05, 0) is 30.7 Å². The molecule has 1 heterocycles. The van der Waals surface area contributed by atoms with Crippen molar-refractivity contribution in [3.63, 3.8) is 0 Å². The summed E-state index contributed by atoms with van der Waals surface area (Å²) in [7, 11) is 0. The average molecular weight is 189 g/mol. The third kappa shape index (κ3) is 2.63. The molecule has 0 aromatic carbocycles. The van der Waals surface area contributed by atoms with Crippen LogP contribution in [0.2, 0.25) is 0 Å². The molecule has 0 amide bonds. The molecule has 1 aromatic heterocycles. The van der Waals surface area contributed by atoms with Crippen molar-refractivity contribution in [3.8, 4) is 0 Å². The summed E-state index contributed by atoms with van der Waals surface area (Å²) in [4.78, 5) is 0. The van der Waals surface area contributed by atoms with Gasteiger partial charge in [0.05, 0.1) is 0 Å². The molecule has 14 heavy (non-hydrogen) atoms. The van der Waals surface area contributed by atoms with E-state index in [9.17, 15) is 0 Å². The van der Waals surface area contributed by atoms with Gasteiger partial charge in [0, 0.05) is 18.1 Å². The molecule has 0 bridgehead atoms. The molecule has 1 heteroatoms. The highest BCUT2D eigenvalue weighted by Crippen LogP contribution is 1.90. The Kier molecular flexibility index (Phi) is 4.24. The molecule has 76 valence electrons. The van der Waals surface area contributed by atoms with Gasteiger partial charge < -0.3 is 4.57 Å². The summed E-state index contributed by atoms with van der Waals surface area (Å²) in [5, 5.41) is 2.34. The fourth-order valence-corrected chi connectivity index (χ4v) is 1.44. The summed E-state index contributed by atoms with van der Waals surface area (Å²) >= 11 is 0. The van der Waals surface area contributed by atoms with E-state index in [4.69, 9.17) is 0 Å². The van der Waals surface area contributed by atoms with Crippen molar-refractivity contribution in [2.45, 2.75) is 33.2 Å². The highest BCUT2D eigenvalue weighted by Gasteiger charge is 1.92. The largest absolute Gasteiger partial charge is 0.347 e. The molecular weight excluding hydrogens is 170 g/mol. The van der Waals surface area contributed by atoms with Gasteiger partial charge in [0.15, 0.2) is 0 Å². The smallest absolute Gasteiger partial charge is 0.0474 e. The SMILES string of the molecule is C=c1ccn(CCCC)/c1=C/C=C\C. The molecule has 1 aromatic rings. The maximum atomic E-state index is 4.02. The number of hydrogen-bond donors (Lipinski definition) is 0. The second-order valence-electron chi connectivity index (χ2n) is 3.47. The van der Waals surface area contributed by atoms with Crippen molar-refractivity contribution in [1.82, 2.24) is 4.57 Å². The zero-order valence-corrected chi connectivity index (χ0v) is 9.16. The van der Waals surface area contributed by atoms with Crippen molar-refractivity contribution < 1.29 is 0 Å². The van der Waals surface area contributed by atoms with Crippen LogP contribution in [0.15, 0.2) is 24.4 Å². The zero-order valence-electron chi connectivity index (χ0n) is 9.16. The highest BCUT2D eigenvalue weighted by atomic mass is 14.9. The van der Waals surface area contributed by atoms with Crippen molar-refractivity contribution in [2.75, 3.05) is 0 Å². The lowest BCUT2D eigenvalue weighted by molar-refractivity contribution is 0.622. The van der Waals surface area contributed by atoms with Gasteiger partial charge in [0.2, 0.25) is 0 Å². The molecule has 0 unspecified atom stereocenters. The number of aromatic nitrogens is 1. The molecule has 0 atom stereocenters. The molecular formula is C13H19N. The number of allylic oxidation sites excluding steroid dienone is 2. The van der Waals surface area contributed by atoms with E-state index < -0.39 is 0 Å². The number of unbranched alkanes of at least 4 members (excludes halogenated alkanes) is 1. The molecule has 0 spiro atoms. The third-order valence-electron chi connectivity index (χ3n) is 2.29. The third-order valence-corrected chi connectivity index (χ3v) is 2.29. The Morgan fingerprint density at radius 3 is 2.93 bits per heavy atom. The van der Waals surface area contributed by atoms with Crippen LogP contribution in [0.3, 0.4) is 0 Å². The second kappa shape index (κ2) is 5.48. The number of aryl methyl sites for hydroxylation is 1. The quantitative estimate of drug-likeness (QED) is 0.683. The van der Waals surface area contributed by atoms with Gasteiger partial charge in [0.25, 0.3) is 0 Å². The van der Waals surface area contributed by atoms with Gasteiger partial charge in [-0.3, -0.25) is 0 Å². The molecule has 0 aliphatic rings. The van der Waals surface area contributed by atoms with Crippen molar-refractivity contribution in [3.05, 3.63) is 35.0 Å². The predicted octanol–water partition coefficient (Wildman–Crippen LogP) is 2.06. The summed E-state index contributed by atoms with van der Waals surface area (Å²) in [5.74, 6) is 0. The standard InChI is InChI=1S/C13H19N/c1-4-6-8-13-12(3)9-11-14(13)10-7-5-2/h4,6,8-9,11H,3,5,7,10H2,1-2H3/b6-4-,13-8+. The van der Waals surface area contributed by atoms with E-state index in [1.807, 2.05) is 13.0 Å². The normalized spacial score (nSPS) is 12.9. The van der Waals surface area contributed by atoms with E-state index in [-0.39, 0.29) is 0 Å². The van der Waals surface area contributed by atoms with Crippen LogP contribution in [0.4, 0.5) is 0 Å². The van der Waals surface area contributed by atoms with Crippen molar-refractivity contribution >= 4 is 12.7 Å². The van der Waals surface area contributed by atoms with Crippen LogP contribution in [0.1, 0.15) is 26.7 Å². The van der Waals surface area contributed by atoms with E-state index >= 15 is 0 Å². The lowest BCUT2D eigenvalue weighted by Gasteiger charge is -2.00. The van der Waals surface area contributed by atoms with Crippen LogP contribution in [0.25, 0.3) is 12.7 Å². The lowest BCUT2D eigenvalue weighted by Crippen LogP contribution is -2.27. The molecule has 0 aliphatic carbocycles. The molecule has 1 nitrogen and oxygen atoms in total. The van der Waals surface area contributed by atoms with Crippen LogP contribution in [0.5, 0.6) is 0 Å². The first-order valence-corrected chi connectivity index (χ1v) is 5.26. The minimum Gasteiger partial charge on any atom is -0.347 e. The van der Waals surface area contributed by atoms with E-state index in [0.717, 1.165) is 11.8 Å². The summed E-state index contributed by atoms with van der Waals surface area (Å²) in [6, 6.07) is 2.07. The first-order chi connectivity index (χ1) is 6.79. The number of nitrogens with zero attached hydrogens (tertiary/aromatic N) is 1. The van der Waals surface area contributed by atoms with Crippen LogP contribution < -0.4 is 10.6 Å². The maximum absolute atomic E-state index is 4.02. The van der Waals surface area contributed by atoms with E-state index in [2.05, 4.69) is 42.5 Å². The lowest BCUT2D eigenvalue weighted by atomic mass is 10.3. The molecule has 0 aliphatic heterocycles. The average Bonchev–Trinajstić information content (AvgIpc) is 2.53. The monoisotopic (exact) mass is 189 g/mol. The maximum Gasteiger partial charge on any atom is 0.0474 e. The Balaban J connectivity index is 3.00. The van der Waals surface area contributed by atoms with Gasteiger partial charge in [-0.1, -0.05) is 32.1 Å². The van der Waals surface area contributed by atoms with Crippen LogP contribution in [-0.4, -0.2) is 4.57 Å². The zero-order chi connectivity index (χ0) is 10.4. The summed E-state index contributed by atoms with van der Waals surface area (Å²) in [5.41, 5.74) is 0. The van der Waals surface area contributed by atoms with Gasteiger partial charge in [-0.2, -0.15) is 0 Å². The van der Waals surface area contributed by atoms with Gasteiger partial charge in [0.1, 0.15) is 0 Å². The second-order valence-corrected chi connectivity index (χ2v) is 3.47. The van der Waals surface area contributed by atoms with E-state index in [0.29, 0.717) is 0 Å². The fourth-order valence-electron chi connectivity index (χ4n) is 1.44. The summed E-state index contributed by atoms with van der Waals surface area (Å²) < 4.78 is 2.27. The van der Waals surface area contributed by atoms with E-state index in [1.54, 1.807) is 0 Å². The van der Waals surface area contributed by atoms with Crippen LogP contribution >= 0.6 is 0 Å². The molecule has 0 saturated heterocycles. The summed E-state index contributed by atoms with van der Waals surface area (Å²) in [6.07, 6.45) is 10.8. The van der Waals surface area contributed by atoms with Crippen molar-refractivity contribution in [2.24, 2.45) is 0 Å². The van der Waals surface area contributed by atoms with Crippen LogP contribution in [0, 0.1) is 0 Å².